The van der Waals surface area contributed by atoms with Crippen LogP contribution >= 0.6 is 0 Å². The molecule has 0 amide bonds. The number of fused-ring (bicyclic) bond motifs is 1. The van der Waals surface area contributed by atoms with E-state index in [1.165, 1.54) is 19.3 Å². The summed E-state index contributed by atoms with van der Waals surface area (Å²) < 4.78 is 10.0. The Morgan fingerprint density at radius 2 is 2.21 bits per heavy atom. The maximum absolute atomic E-state index is 5.97. The summed E-state index contributed by atoms with van der Waals surface area (Å²) in [6.45, 7) is 6.72. The van der Waals surface area contributed by atoms with E-state index in [1.54, 1.807) is 0 Å². The Balaban J connectivity index is 1.48. The van der Waals surface area contributed by atoms with Crippen molar-refractivity contribution in [3.05, 3.63) is 29.6 Å². The van der Waals surface area contributed by atoms with Gasteiger partial charge in [0.15, 0.2) is 11.8 Å². The molecule has 0 radical (unpaired) electrons. The van der Waals surface area contributed by atoms with Crippen LogP contribution < -0.4 is 5.32 Å². The van der Waals surface area contributed by atoms with Gasteiger partial charge in [-0.1, -0.05) is 6.42 Å². The molecule has 0 aromatic carbocycles. The largest absolute Gasteiger partial charge is 0.370 e. The molecule has 0 aliphatic carbocycles. The first-order chi connectivity index (χ1) is 13.7. The van der Waals surface area contributed by atoms with Crippen LogP contribution in [0.3, 0.4) is 0 Å². The van der Waals surface area contributed by atoms with Gasteiger partial charge < -0.3 is 19.5 Å². The highest BCUT2D eigenvalue weighted by atomic mass is 16.5. The van der Waals surface area contributed by atoms with Gasteiger partial charge in [-0.2, -0.15) is 5.10 Å². The van der Waals surface area contributed by atoms with Crippen molar-refractivity contribution < 1.29 is 4.74 Å². The summed E-state index contributed by atoms with van der Waals surface area (Å²) in [5.41, 5.74) is 1.10. The number of aliphatic imine (C=N–C) groups is 1. The van der Waals surface area contributed by atoms with Gasteiger partial charge in [0.2, 0.25) is 0 Å². The number of morpholine rings is 1. The van der Waals surface area contributed by atoms with Gasteiger partial charge >= 0.3 is 0 Å². The Morgan fingerprint density at radius 1 is 1.29 bits per heavy atom. The lowest BCUT2D eigenvalue weighted by molar-refractivity contribution is -0.00805. The average molecular weight is 387 g/mol. The minimum atomic E-state index is 0.00988. The quantitative estimate of drug-likeness (QED) is 0.629. The maximum Gasteiger partial charge on any atom is 0.194 e. The fourth-order valence-corrected chi connectivity index (χ4v) is 3.88. The molecule has 4 heterocycles. The molecular formula is C19H30N8O. The van der Waals surface area contributed by atoms with E-state index < -0.39 is 0 Å². The van der Waals surface area contributed by atoms with Gasteiger partial charge in [-0.15, -0.1) is 10.2 Å². The molecule has 0 spiro atoms. The van der Waals surface area contributed by atoms with E-state index in [2.05, 4.69) is 37.0 Å². The lowest BCUT2D eigenvalue weighted by atomic mass is 10.1. The van der Waals surface area contributed by atoms with Crippen molar-refractivity contribution in [1.29, 1.82) is 0 Å². The molecule has 152 valence electrons. The molecule has 1 N–H and O–H groups in total. The molecule has 2 aliphatic rings. The number of aromatic nitrogens is 5. The van der Waals surface area contributed by atoms with Gasteiger partial charge in [0.25, 0.3) is 0 Å². The first kappa shape index (κ1) is 18.9. The zero-order chi connectivity index (χ0) is 19.3. The van der Waals surface area contributed by atoms with Crippen molar-refractivity contribution in [3.8, 4) is 0 Å². The Morgan fingerprint density at radius 3 is 3.04 bits per heavy atom. The Bertz CT molecular complexity index is 811. The summed E-state index contributed by atoms with van der Waals surface area (Å²) in [6.07, 6.45) is 8.58. The minimum Gasteiger partial charge on any atom is -0.370 e. The van der Waals surface area contributed by atoms with Gasteiger partial charge in [0, 0.05) is 44.9 Å². The van der Waals surface area contributed by atoms with E-state index in [0.717, 1.165) is 55.8 Å². The van der Waals surface area contributed by atoms with Crippen molar-refractivity contribution in [1.82, 2.24) is 34.8 Å². The predicted octanol–water partition coefficient (Wildman–Crippen LogP) is 1.28. The fraction of sp³-hybridized carbons (Fsp3) is 0.684. The third kappa shape index (κ3) is 4.19. The number of hydrogen-bond donors (Lipinski definition) is 1. The highest BCUT2D eigenvalue weighted by Crippen LogP contribution is 2.22. The molecule has 28 heavy (non-hydrogen) atoms. The average Bonchev–Trinajstić information content (AvgIpc) is 3.24. The molecule has 2 aliphatic heterocycles. The van der Waals surface area contributed by atoms with E-state index >= 15 is 0 Å². The van der Waals surface area contributed by atoms with E-state index in [0.29, 0.717) is 13.2 Å². The van der Waals surface area contributed by atoms with Crippen LogP contribution in [0.15, 0.2) is 17.4 Å². The Kier molecular flexibility index (Phi) is 5.90. The normalized spacial score (nSPS) is 20.7. The van der Waals surface area contributed by atoms with E-state index in [9.17, 15) is 0 Å². The Labute approximate surface area is 165 Å². The summed E-state index contributed by atoms with van der Waals surface area (Å²) in [5, 5.41) is 16.5. The number of hydrogen-bond acceptors (Lipinski definition) is 5. The smallest absolute Gasteiger partial charge is 0.194 e. The lowest BCUT2D eigenvalue weighted by Gasteiger charge is -2.34. The topological polar surface area (TPSA) is 85.4 Å². The first-order valence-corrected chi connectivity index (χ1v) is 10.3. The fourth-order valence-electron chi connectivity index (χ4n) is 3.88. The number of rotatable bonds is 4. The van der Waals surface area contributed by atoms with Crippen LogP contribution in [0.4, 0.5) is 0 Å². The minimum absolute atomic E-state index is 0.00988. The summed E-state index contributed by atoms with van der Waals surface area (Å²) in [4.78, 5) is 7.15. The van der Waals surface area contributed by atoms with E-state index in [-0.39, 0.29) is 6.10 Å². The van der Waals surface area contributed by atoms with E-state index in [4.69, 9.17) is 9.73 Å². The third-order valence-electron chi connectivity index (χ3n) is 5.35. The second-order valence-corrected chi connectivity index (χ2v) is 7.42. The molecule has 9 nitrogen and oxygen atoms in total. The SMILES string of the molecule is CCNC(=NCc1nnc2n1CCCCC2)N1CCOC(c2cnn(C)c2)C1. The molecule has 1 saturated heterocycles. The molecular weight excluding hydrogens is 356 g/mol. The standard InChI is InChI=1S/C19H30N8O/c1-3-20-19(21-12-18-24-23-17-7-5-4-6-8-27(17)18)26-9-10-28-16(14-26)15-11-22-25(2)13-15/h11,13,16H,3-10,12,14H2,1-2H3,(H,20,21). The van der Waals surface area contributed by atoms with Crippen LogP contribution in [0, 0.1) is 0 Å². The second kappa shape index (κ2) is 8.72. The van der Waals surface area contributed by atoms with Crippen molar-refractivity contribution in [3.63, 3.8) is 0 Å². The second-order valence-electron chi connectivity index (χ2n) is 7.42. The molecule has 1 atom stereocenters. The highest BCUT2D eigenvalue weighted by molar-refractivity contribution is 5.80. The predicted molar refractivity (Wildman–Crippen MR) is 106 cm³/mol. The molecule has 9 heteroatoms. The van der Waals surface area contributed by atoms with Gasteiger partial charge in [-0.05, 0) is 19.8 Å². The molecule has 0 bridgehead atoms. The summed E-state index contributed by atoms with van der Waals surface area (Å²) in [6, 6.07) is 0. The summed E-state index contributed by atoms with van der Waals surface area (Å²) >= 11 is 0. The number of guanidine groups is 1. The highest BCUT2D eigenvalue weighted by Gasteiger charge is 2.25. The van der Waals surface area contributed by atoms with Crippen LogP contribution in [0.5, 0.6) is 0 Å². The van der Waals surface area contributed by atoms with Crippen LogP contribution in [-0.2, 0) is 31.3 Å². The van der Waals surface area contributed by atoms with E-state index in [1.807, 2.05) is 24.1 Å². The molecule has 1 fully saturated rings. The molecule has 2 aromatic rings. The van der Waals surface area contributed by atoms with Crippen molar-refractivity contribution in [2.45, 2.75) is 51.8 Å². The van der Waals surface area contributed by atoms with Crippen LogP contribution in [-0.4, -0.2) is 61.6 Å². The monoisotopic (exact) mass is 386 g/mol. The van der Waals surface area contributed by atoms with Crippen molar-refractivity contribution in [2.24, 2.45) is 12.0 Å². The maximum atomic E-state index is 5.97. The van der Waals surface area contributed by atoms with Gasteiger partial charge in [0.05, 0.1) is 19.3 Å². The lowest BCUT2D eigenvalue weighted by Crippen LogP contribution is -2.48. The number of aryl methyl sites for hydroxylation is 2. The van der Waals surface area contributed by atoms with Gasteiger partial charge in [0.1, 0.15) is 18.5 Å². The van der Waals surface area contributed by atoms with Crippen LogP contribution in [0.25, 0.3) is 0 Å². The van der Waals surface area contributed by atoms with Crippen LogP contribution in [0.1, 0.15) is 49.5 Å². The van der Waals surface area contributed by atoms with Crippen molar-refractivity contribution in [2.75, 3.05) is 26.2 Å². The number of ether oxygens (including phenoxy) is 1. The van der Waals surface area contributed by atoms with Gasteiger partial charge in [-0.3, -0.25) is 4.68 Å². The third-order valence-corrected chi connectivity index (χ3v) is 5.35. The molecule has 1 unspecified atom stereocenters. The summed E-state index contributed by atoms with van der Waals surface area (Å²) in [7, 11) is 1.93. The number of nitrogens with zero attached hydrogens (tertiary/aromatic N) is 7. The molecule has 0 saturated carbocycles. The molecule has 4 rings (SSSR count). The van der Waals surface area contributed by atoms with Crippen molar-refractivity contribution >= 4 is 5.96 Å². The van der Waals surface area contributed by atoms with Gasteiger partial charge in [-0.25, -0.2) is 4.99 Å². The Hall–Kier alpha value is -2.42. The molecule has 2 aromatic heterocycles. The van der Waals surface area contributed by atoms with Crippen LogP contribution in [0.2, 0.25) is 0 Å². The summed E-state index contributed by atoms with van der Waals surface area (Å²) in [5.74, 6) is 2.98. The zero-order valence-corrected chi connectivity index (χ0v) is 16.8. The zero-order valence-electron chi connectivity index (χ0n) is 16.8. The first-order valence-electron chi connectivity index (χ1n) is 10.3. The number of nitrogens with one attached hydrogen (secondary N) is 1.